The summed E-state index contributed by atoms with van der Waals surface area (Å²) in [5.41, 5.74) is 6.08. The molecule has 3 heteroatoms. The second-order valence-corrected chi connectivity index (χ2v) is 6.58. The van der Waals surface area contributed by atoms with Gasteiger partial charge in [0.25, 0.3) is 0 Å². The highest BCUT2D eigenvalue weighted by molar-refractivity contribution is 4.81. The maximum atomic E-state index is 6.08. The summed E-state index contributed by atoms with van der Waals surface area (Å²) in [6.45, 7) is 5.88. The Morgan fingerprint density at radius 3 is 2.26 bits per heavy atom. The largest absolute Gasteiger partial charge is 0.329 e. The number of likely N-dealkylation sites (N-methyl/N-ethyl adjacent to an activating group) is 1. The Morgan fingerprint density at radius 1 is 1.05 bits per heavy atom. The third-order valence-corrected chi connectivity index (χ3v) is 5.22. The summed E-state index contributed by atoms with van der Waals surface area (Å²) in [6, 6.07) is 0.612. The zero-order valence-corrected chi connectivity index (χ0v) is 12.8. The monoisotopic (exact) mass is 267 g/mol. The van der Waals surface area contributed by atoms with Gasteiger partial charge in [-0.15, -0.1) is 0 Å². The van der Waals surface area contributed by atoms with E-state index in [0.29, 0.717) is 6.04 Å². The van der Waals surface area contributed by atoms with Crippen molar-refractivity contribution in [3.63, 3.8) is 0 Å². The van der Waals surface area contributed by atoms with Crippen molar-refractivity contribution in [2.24, 2.45) is 11.7 Å². The van der Waals surface area contributed by atoms with Crippen LogP contribution in [0.3, 0.4) is 0 Å². The molecule has 1 aliphatic heterocycles. The minimum atomic E-state index is 0.612. The van der Waals surface area contributed by atoms with E-state index in [1.165, 1.54) is 77.5 Å². The number of nitrogens with zero attached hydrogens (tertiary/aromatic N) is 2. The molecule has 0 radical (unpaired) electrons. The predicted molar refractivity (Wildman–Crippen MR) is 82.3 cm³/mol. The average molecular weight is 267 g/mol. The molecule has 0 spiro atoms. The molecule has 2 aliphatic rings. The van der Waals surface area contributed by atoms with Crippen LogP contribution >= 0.6 is 0 Å². The molecule has 2 fully saturated rings. The van der Waals surface area contributed by atoms with E-state index in [-0.39, 0.29) is 0 Å². The SMILES string of the molecule is CN(CCN1CCCC1)C(CN)C1CCCCCC1. The number of hydrogen-bond acceptors (Lipinski definition) is 3. The van der Waals surface area contributed by atoms with E-state index in [1.807, 2.05) is 0 Å². The zero-order chi connectivity index (χ0) is 13.5. The van der Waals surface area contributed by atoms with Crippen LogP contribution in [0.2, 0.25) is 0 Å². The van der Waals surface area contributed by atoms with Gasteiger partial charge in [0, 0.05) is 25.7 Å². The molecule has 0 aromatic carbocycles. The van der Waals surface area contributed by atoms with E-state index in [4.69, 9.17) is 5.73 Å². The van der Waals surface area contributed by atoms with Crippen molar-refractivity contribution in [1.82, 2.24) is 9.80 Å². The van der Waals surface area contributed by atoms with Gasteiger partial charge in [-0.25, -0.2) is 0 Å². The lowest BCUT2D eigenvalue weighted by molar-refractivity contribution is 0.150. The summed E-state index contributed by atoms with van der Waals surface area (Å²) < 4.78 is 0. The van der Waals surface area contributed by atoms with Crippen molar-refractivity contribution in [3.8, 4) is 0 Å². The van der Waals surface area contributed by atoms with Crippen LogP contribution < -0.4 is 5.73 Å². The van der Waals surface area contributed by atoms with Crippen LogP contribution in [0.15, 0.2) is 0 Å². The van der Waals surface area contributed by atoms with Crippen molar-refractivity contribution in [2.45, 2.75) is 57.4 Å². The van der Waals surface area contributed by atoms with Crippen molar-refractivity contribution in [1.29, 1.82) is 0 Å². The fourth-order valence-electron chi connectivity index (χ4n) is 3.90. The van der Waals surface area contributed by atoms with Gasteiger partial charge in [0.1, 0.15) is 0 Å². The fraction of sp³-hybridized carbons (Fsp3) is 1.00. The van der Waals surface area contributed by atoms with Gasteiger partial charge < -0.3 is 15.5 Å². The predicted octanol–water partition coefficient (Wildman–Crippen LogP) is 2.31. The summed E-state index contributed by atoms with van der Waals surface area (Å²) in [6.07, 6.45) is 11.3. The summed E-state index contributed by atoms with van der Waals surface area (Å²) in [4.78, 5) is 5.16. The second-order valence-electron chi connectivity index (χ2n) is 6.58. The van der Waals surface area contributed by atoms with Crippen LogP contribution in [0.4, 0.5) is 0 Å². The smallest absolute Gasteiger partial charge is 0.0244 e. The highest BCUT2D eigenvalue weighted by atomic mass is 15.2. The van der Waals surface area contributed by atoms with E-state index in [0.717, 1.165) is 12.5 Å². The highest BCUT2D eigenvalue weighted by Gasteiger charge is 2.25. The molecule has 1 heterocycles. The molecular weight excluding hydrogens is 234 g/mol. The van der Waals surface area contributed by atoms with Crippen LogP contribution in [-0.2, 0) is 0 Å². The first-order valence-corrected chi connectivity index (χ1v) is 8.44. The lowest BCUT2D eigenvalue weighted by atomic mass is 9.91. The van der Waals surface area contributed by atoms with Gasteiger partial charge in [0.15, 0.2) is 0 Å². The number of nitrogens with two attached hydrogens (primary N) is 1. The molecule has 1 saturated carbocycles. The first-order valence-electron chi connectivity index (χ1n) is 8.44. The average Bonchev–Trinajstić information content (AvgIpc) is 2.80. The zero-order valence-electron chi connectivity index (χ0n) is 12.8. The lowest BCUT2D eigenvalue weighted by Crippen LogP contribution is -2.46. The van der Waals surface area contributed by atoms with Crippen LogP contribution in [0.5, 0.6) is 0 Å². The molecule has 1 aliphatic carbocycles. The van der Waals surface area contributed by atoms with Crippen LogP contribution in [0.1, 0.15) is 51.4 Å². The third-order valence-electron chi connectivity index (χ3n) is 5.22. The molecule has 0 aromatic heterocycles. The molecule has 0 aromatic rings. The summed E-state index contributed by atoms with van der Waals surface area (Å²) in [5.74, 6) is 0.844. The van der Waals surface area contributed by atoms with Gasteiger partial charge in [-0.3, -0.25) is 0 Å². The Balaban J connectivity index is 1.77. The molecule has 2 N–H and O–H groups in total. The number of rotatable bonds is 6. The van der Waals surface area contributed by atoms with E-state index < -0.39 is 0 Å². The molecule has 1 atom stereocenters. The van der Waals surface area contributed by atoms with Crippen molar-refractivity contribution in [2.75, 3.05) is 39.8 Å². The molecule has 112 valence electrons. The summed E-state index contributed by atoms with van der Waals surface area (Å²) in [7, 11) is 2.29. The van der Waals surface area contributed by atoms with Crippen LogP contribution in [-0.4, -0.2) is 55.6 Å². The van der Waals surface area contributed by atoms with Crippen LogP contribution in [0.25, 0.3) is 0 Å². The van der Waals surface area contributed by atoms with Gasteiger partial charge in [0.2, 0.25) is 0 Å². The standard InChI is InChI=1S/C16H33N3/c1-18(12-13-19-10-6-7-11-19)16(14-17)15-8-4-2-3-5-9-15/h15-16H,2-14,17H2,1H3. The highest BCUT2D eigenvalue weighted by Crippen LogP contribution is 2.27. The maximum absolute atomic E-state index is 6.08. The van der Waals surface area contributed by atoms with E-state index in [9.17, 15) is 0 Å². The molecule has 0 bridgehead atoms. The molecule has 1 saturated heterocycles. The molecule has 3 nitrogen and oxygen atoms in total. The van der Waals surface area contributed by atoms with Crippen molar-refractivity contribution < 1.29 is 0 Å². The van der Waals surface area contributed by atoms with Gasteiger partial charge in [-0.2, -0.15) is 0 Å². The third kappa shape index (κ3) is 4.73. The maximum Gasteiger partial charge on any atom is 0.0244 e. The fourth-order valence-corrected chi connectivity index (χ4v) is 3.90. The molecule has 2 rings (SSSR count). The molecule has 1 unspecified atom stereocenters. The Bertz CT molecular complexity index is 230. The van der Waals surface area contributed by atoms with Crippen molar-refractivity contribution >= 4 is 0 Å². The lowest BCUT2D eigenvalue weighted by Gasteiger charge is -2.34. The van der Waals surface area contributed by atoms with Crippen molar-refractivity contribution in [3.05, 3.63) is 0 Å². The number of hydrogen-bond donors (Lipinski definition) is 1. The Morgan fingerprint density at radius 2 is 1.68 bits per heavy atom. The van der Waals surface area contributed by atoms with Crippen LogP contribution in [0, 0.1) is 5.92 Å². The molecule has 19 heavy (non-hydrogen) atoms. The molecule has 0 amide bonds. The van der Waals surface area contributed by atoms with E-state index >= 15 is 0 Å². The van der Waals surface area contributed by atoms with Gasteiger partial charge in [-0.05, 0) is 51.7 Å². The first kappa shape index (κ1) is 15.3. The van der Waals surface area contributed by atoms with Gasteiger partial charge >= 0.3 is 0 Å². The summed E-state index contributed by atoms with van der Waals surface area (Å²) >= 11 is 0. The Labute approximate surface area is 119 Å². The van der Waals surface area contributed by atoms with Gasteiger partial charge in [0.05, 0.1) is 0 Å². The second kappa shape index (κ2) is 8.23. The molecular formula is C16H33N3. The Kier molecular flexibility index (Phi) is 6.62. The first-order chi connectivity index (χ1) is 9.31. The topological polar surface area (TPSA) is 32.5 Å². The minimum Gasteiger partial charge on any atom is -0.329 e. The minimum absolute atomic E-state index is 0.612. The van der Waals surface area contributed by atoms with Gasteiger partial charge in [-0.1, -0.05) is 25.7 Å². The van der Waals surface area contributed by atoms with E-state index in [1.54, 1.807) is 0 Å². The quantitative estimate of drug-likeness (QED) is 0.750. The normalized spacial score (nSPS) is 24.8. The Hall–Kier alpha value is -0.120. The van der Waals surface area contributed by atoms with E-state index in [2.05, 4.69) is 16.8 Å². The summed E-state index contributed by atoms with van der Waals surface area (Å²) in [5, 5.41) is 0. The number of likely N-dealkylation sites (tertiary alicyclic amines) is 1.